The van der Waals surface area contributed by atoms with Crippen LogP contribution in [0.4, 0.5) is 5.69 Å². The number of nitrogens with one attached hydrogen (secondary N) is 1. The summed E-state index contributed by atoms with van der Waals surface area (Å²) >= 11 is 6.32. The van der Waals surface area contributed by atoms with E-state index in [0.717, 1.165) is 16.9 Å². The van der Waals surface area contributed by atoms with Crippen molar-refractivity contribution in [3.8, 4) is 22.5 Å². The summed E-state index contributed by atoms with van der Waals surface area (Å²) in [5.41, 5.74) is 4.43. The van der Waals surface area contributed by atoms with Crippen LogP contribution in [-0.2, 0) is 0 Å². The lowest BCUT2D eigenvalue weighted by Gasteiger charge is -2.10. The summed E-state index contributed by atoms with van der Waals surface area (Å²) in [4.78, 5) is 17.9. The molecule has 31 heavy (non-hydrogen) atoms. The molecule has 0 fully saturated rings. The van der Waals surface area contributed by atoms with Crippen LogP contribution in [0.3, 0.4) is 0 Å². The molecule has 2 aromatic carbocycles. The van der Waals surface area contributed by atoms with Gasteiger partial charge in [0.25, 0.3) is 5.91 Å². The molecular weight excluding hydrogens is 412 g/mol. The van der Waals surface area contributed by atoms with Gasteiger partial charge in [0.1, 0.15) is 22.7 Å². The van der Waals surface area contributed by atoms with Gasteiger partial charge in [-0.15, -0.1) is 0 Å². The van der Waals surface area contributed by atoms with E-state index in [1.807, 2.05) is 71.4 Å². The lowest BCUT2D eigenvalue weighted by Crippen LogP contribution is -2.14. The highest BCUT2D eigenvalue weighted by Crippen LogP contribution is 2.33. The monoisotopic (exact) mass is 428 g/mol. The molecular formula is C24H17ClN4O2. The average Bonchev–Trinajstić information content (AvgIpc) is 3.38. The van der Waals surface area contributed by atoms with Gasteiger partial charge in [-0.2, -0.15) is 0 Å². The zero-order valence-electron chi connectivity index (χ0n) is 16.5. The fourth-order valence-corrected chi connectivity index (χ4v) is 3.77. The molecule has 0 bridgehead atoms. The van der Waals surface area contributed by atoms with E-state index in [2.05, 4.69) is 15.5 Å². The quantitative estimate of drug-likeness (QED) is 0.388. The Morgan fingerprint density at radius 1 is 1.00 bits per heavy atom. The summed E-state index contributed by atoms with van der Waals surface area (Å²) < 4.78 is 7.27. The number of carbonyl (C=O) groups excluding carboxylic acids is 1. The molecule has 0 saturated carbocycles. The topological polar surface area (TPSA) is 72.4 Å². The van der Waals surface area contributed by atoms with E-state index in [9.17, 15) is 4.79 Å². The Hall–Kier alpha value is -3.90. The first-order chi connectivity index (χ1) is 15.1. The summed E-state index contributed by atoms with van der Waals surface area (Å²) in [7, 11) is 0. The van der Waals surface area contributed by atoms with Gasteiger partial charge in [-0.3, -0.25) is 4.79 Å². The summed E-state index contributed by atoms with van der Waals surface area (Å²) in [6, 6.07) is 20.6. The van der Waals surface area contributed by atoms with Gasteiger partial charge in [-0.25, -0.2) is 4.98 Å². The van der Waals surface area contributed by atoms with Gasteiger partial charge in [-0.1, -0.05) is 59.2 Å². The van der Waals surface area contributed by atoms with Gasteiger partial charge in [-0.05, 0) is 31.2 Å². The van der Waals surface area contributed by atoms with E-state index in [4.69, 9.17) is 16.1 Å². The van der Waals surface area contributed by atoms with Crippen LogP contribution in [0.2, 0.25) is 5.02 Å². The molecule has 7 heteroatoms. The molecule has 3 aromatic heterocycles. The summed E-state index contributed by atoms with van der Waals surface area (Å²) in [6.07, 6.45) is 3.86. The van der Waals surface area contributed by atoms with Gasteiger partial charge in [0.15, 0.2) is 0 Å². The fourth-order valence-electron chi connectivity index (χ4n) is 3.54. The third kappa shape index (κ3) is 3.47. The maximum atomic E-state index is 13.3. The molecule has 0 atom stereocenters. The molecule has 0 radical (unpaired) electrons. The average molecular weight is 429 g/mol. The number of benzene rings is 2. The van der Waals surface area contributed by atoms with Crippen molar-refractivity contribution in [2.45, 2.75) is 6.92 Å². The molecule has 1 N–H and O–H groups in total. The Morgan fingerprint density at radius 3 is 2.55 bits per heavy atom. The molecule has 1 amide bonds. The number of hydrogen-bond donors (Lipinski definition) is 1. The van der Waals surface area contributed by atoms with E-state index < -0.39 is 0 Å². The van der Waals surface area contributed by atoms with Crippen LogP contribution in [0.25, 0.3) is 28.2 Å². The van der Waals surface area contributed by atoms with Gasteiger partial charge in [0, 0.05) is 23.5 Å². The van der Waals surface area contributed by atoms with Crippen molar-refractivity contribution < 1.29 is 9.32 Å². The van der Waals surface area contributed by atoms with E-state index in [1.165, 1.54) is 0 Å². The van der Waals surface area contributed by atoms with Crippen molar-refractivity contribution in [2.24, 2.45) is 0 Å². The minimum atomic E-state index is -0.329. The number of hydrogen-bond acceptors (Lipinski definition) is 4. The number of rotatable bonds is 4. The number of imidazole rings is 1. The van der Waals surface area contributed by atoms with Crippen LogP contribution < -0.4 is 5.32 Å². The first-order valence-electron chi connectivity index (χ1n) is 9.67. The second kappa shape index (κ2) is 7.74. The summed E-state index contributed by atoms with van der Waals surface area (Å²) in [5.74, 6) is 0.0857. The fraction of sp³-hybridized carbons (Fsp3) is 0.0417. The van der Waals surface area contributed by atoms with Gasteiger partial charge < -0.3 is 14.2 Å². The number of anilines is 1. The van der Waals surface area contributed by atoms with Crippen molar-refractivity contribution in [1.82, 2.24) is 14.5 Å². The van der Waals surface area contributed by atoms with Crippen LogP contribution in [-0.4, -0.2) is 20.4 Å². The number of aromatic nitrogens is 3. The number of fused-ring (bicyclic) bond motifs is 1. The van der Waals surface area contributed by atoms with Crippen molar-refractivity contribution >= 4 is 28.8 Å². The molecule has 152 valence electrons. The number of aryl methyl sites for hydroxylation is 1. The molecule has 0 saturated heterocycles. The lowest BCUT2D eigenvalue weighted by atomic mass is 10.0. The van der Waals surface area contributed by atoms with Crippen molar-refractivity contribution in [3.63, 3.8) is 0 Å². The third-order valence-electron chi connectivity index (χ3n) is 5.03. The standard InChI is InChI=1S/C24H17ClN4O2/c1-15-22(23(28-31-15)16-8-2-4-10-18(16)25)24(30)27-19-11-5-3-9-17(19)20-14-29-13-7-6-12-21(29)26-20/h2-14H,1H3,(H,27,30). The van der Waals surface area contributed by atoms with Crippen LogP contribution in [0.1, 0.15) is 16.1 Å². The van der Waals surface area contributed by atoms with Gasteiger partial charge >= 0.3 is 0 Å². The largest absolute Gasteiger partial charge is 0.360 e. The highest BCUT2D eigenvalue weighted by atomic mass is 35.5. The van der Waals surface area contributed by atoms with E-state index in [-0.39, 0.29) is 5.91 Å². The highest BCUT2D eigenvalue weighted by molar-refractivity contribution is 6.33. The van der Waals surface area contributed by atoms with Gasteiger partial charge in [0.2, 0.25) is 0 Å². The minimum Gasteiger partial charge on any atom is -0.360 e. The summed E-state index contributed by atoms with van der Waals surface area (Å²) in [6.45, 7) is 1.70. The lowest BCUT2D eigenvalue weighted by molar-refractivity contribution is 0.102. The van der Waals surface area contributed by atoms with Crippen LogP contribution in [0.15, 0.2) is 83.6 Å². The molecule has 0 aliphatic carbocycles. The van der Waals surface area contributed by atoms with Crippen molar-refractivity contribution in [2.75, 3.05) is 5.32 Å². The van der Waals surface area contributed by atoms with Crippen LogP contribution in [0, 0.1) is 6.92 Å². The van der Waals surface area contributed by atoms with Crippen molar-refractivity contribution in [1.29, 1.82) is 0 Å². The predicted octanol–water partition coefficient (Wildman–Crippen LogP) is 5.87. The van der Waals surface area contributed by atoms with E-state index >= 15 is 0 Å². The SMILES string of the molecule is Cc1onc(-c2ccccc2Cl)c1C(=O)Nc1ccccc1-c1cn2ccccc2n1. The molecule has 5 aromatic rings. The molecule has 0 aliphatic heterocycles. The normalized spacial score (nSPS) is 11.0. The molecule has 6 nitrogen and oxygen atoms in total. The Morgan fingerprint density at radius 2 is 1.74 bits per heavy atom. The first kappa shape index (κ1) is 19.1. The Bertz CT molecular complexity index is 1390. The maximum Gasteiger partial charge on any atom is 0.261 e. The number of amides is 1. The number of para-hydroxylation sites is 1. The zero-order valence-corrected chi connectivity index (χ0v) is 17.3. The molecule has 5 rings (SSSR count). The van der Waals surface area contributed by atoms with E-state index in [1.54, 1.807) is 19.1 Å². The molecule has 0 unspecified atom stereocenters. The second-order valence-corrected chi connectivity index (χ2v) is 7.44. The number of carbonyl (C=O) groups is 1. The summed E-state index contributed by atoms with van der Waals surface area (Å²) in [5, 5.41) is 7.57. The molecule has 0 aliphatic rings. The zero-order chi connectivity index (χ0) is 21.4. The highest BCUT2D eigenvalue weighted by Gasteiger charge is 2.24. The molecule has 0 spiro atoms. The number of nitrogens with zero attached hydrogens (tertiary/aromatic N) is 3. The van der Waals surface area contributed by atoms with E-state index in [0.29, 0.717) is 33.3 Å². The number of pyridine rings is 1. The van der Waals surface area contributed by atoms with Gasteiger partial charge in [0.05, 0.1) is 16.4 Å². The molecule has 3 heterocycles. The third-order valence-corrected chi connectivity index (χ3v) is 5.36. The van der Waals surface area contributed by atoms with Crippen LogP contribution in [0.5, 0.6) is 0 Å². The predicted molar refractivity (Wildman–Crippen MR) is 120 cm³/mol. The number of halogens is 1. The Balaban J connectivity index is 1.53. The Labute approximate surface area is 183 Å². The first-order valence-corrected chi connectivity index (χ1v) is 10.1. The van der Waals surface area contributed by atoms with Crippen LogP contribution >= 0.6 is 11.6 Å². The van der Waals surface area contributed by atoms with Crippen molar-refractivity contribution in [3.05, 3.63) is 95.5 Å². The second-order valence-electron chi connectivity index (χ2n) is 7.03. The maximum absolute atomic E-state index is 13.3. The Kier molecular flexibility index (Phi) is 4.76. The minimum absolute atomic E-state index is 0.329. The smallest absolute Gasteiger partial charge is 0.261 e.